The Morgan fingerprint density at radius 3 is 2.50 bits per heavy atom. The Labute approximate surface area is 142 Å². The molecule has 0 saturated carbocycles. The summed E-state index contributed by atoms with van der Waals surface area (Å²) < 4.78 is 52.9. The third-order valence-electron chi connectivity index (χ3n) is 4.37. The van der Waals surface area contributed by atoms with Gasteiger partial charge in [-0.3, -0.25) is 0 Å². The molecule has 0 radical (unpaired) electrons. The molecular weight excluding hydrogens is 338 g/mol. The maximum Gasteiger partial charge on any atom is 0.416 e. The molecule has 6 heteroatoms. The predicted molar refractivity (Wildman–Crippen MR) is 89.9 cm³/mol. The molecule has 0 aliphatic carbocycles. The highest BCUT2D eigenvalue weighted by Gasteiger charge is 2.35. The van der Waals surface area contributed by atoms with Crippen molar-refractivity contribution >= 4 is 17.4 Å². The van der Waals surface area contributed by atoms with E-state index in [0.717, 1.165) is 6.07 Å². The smallest absolute Gasteiger partial charge is 0.357 e. The summed E-state index contributed by atoms with van der Waals surface area (Å²) in [5.74, 6) is -0.356. The normalized spacial score (nSPS) is 21.3. The Kier molecular flexibility index (Phi) is 4.76. The van der Waals surface area contributed by atoms with Crippen LogP contribution in [0.2, 0.25) is 0 Å². The molecule has 0 amide bonds. The largest absolute Gasteiger partial charge is 0.416 e. The van der Waals surface area contributed by atoms with Gasteiger partial charge in [-0.25, -0.2) is 4.39 Å². The summed E-state index contributed by atoms with van der Waals surface area (Å²) in [5.41, 5.74) is 0.527. The number of thioether (sulfide) groups is 1. The van der Waals surface area contributed by atoms with Crippen LogP contribution in [0, 0.1) is 5.82 Å². The molecule has 0 spiro atoms. The van der Waals surface area contributed by atoms with Gasteiger partial charge in [0.2, 0.25) is 0 Å². The zero-order chi connectivity index (χ0) is 17.3. The van der Waals surface area contributed by atoms with Crippen molar-refractivity contribution in [1.29, 1.82) is 0 Å². The van der Waals surface area contributed by atoms with Gasteiger partial charge in [0.25, 0.3) is 0 Å². The van der Waals surface area contributed by atoms with Crippen molar-refractivity contribution < 1.29 is 17.6 Å². The quantitative estimate of drug-likeness (QED) is 0.666. The van der Waals surface area contributed by atoms with E-state index in [-0.39, 0.29) is 17.1 Å². The molecule has 2 unspecified atom stereocenters. The highest BCUT2D eigenvalue weighted by Crippen LogP contribution is 2.41. The van der Waals surface area contributed by atoms with Gasteiger partial charge in [-0.2, -0.15) is 13.2 Å². The molecule has 0 aromatic heterocycles. The molecule has 0 N–H and O–H groups in total. The van der Waals surface area contributed by atoms with E-state index in [4.69, 9.17) is 0 Å². The minimum Gasteiger partial charge on any atom is -0.357 e. The van der Waals surface area contributed by atoms with Gasteiger partial charge in [-0.05, 0) is 36.4 Å². The van der Waals surface area contributed by atoms with Crippen molar-refractivity contribution in [1.82, 2.24) is 0 Å². The van der Waals surface area contributed by atoms with Gasteiger partial charge in [0.15, 0.2) is 0 Å². The lowest BCUT2D eigenvalue weighted by Crippen LogP contribution is -2.27. The number of hydrogen-bond donors (Lipinski definition) is 0. The zero-order valence-corrected chi connectivity index (χ0v) is 13.9. The molecule has 1 saturated heterocycles. The van der Waals surface area contributed by atoms with E-state index in [1.165, 1.54) is 18.2 Å². The number of rotatable bonds is 3. The number of alkyl halides is 3. The topological polar surface area (TPSA) is 3.24 Å². The molecule has 2 atom stereocenters. The van der Waals surface area contributed by atoms with Crippen molar-refractivity contribution in [3.05, 3.63) is 65.5 Å². The van der Waals surface area contributed by atoms with Gasteiger partial charge in [-0.1, -0.05) is 30.3 Å². The second kappa shape index (κ2) is 6.67. The van der Waals surface area contributed by atoms with E-state index < -0.39 is 11.7 Å². The van der Waals surface area contributed by atoms with E-state index in [0.29, 0.717) is 24.2 Å². The third kappa shape index (κ3) is 3.38. The first-order valence-electron chi connectivity index (χ1n) is 7.61. The fourth-order valence-corrected chi connectivity index (χ4v) is 4.05. The van der Waals surface area contributed by atoms with E-state index >= 15 is 0 Å². The minimum atomic E-state index is -4.35. The highest BCUT2D eigenvalue weighted by molar-refractivity contribution is 7.99. The number of benzene rings is 2. The Bertz CT molecular complexity index is 716. The molecule has 1 aliphatic rings. The number of anilines is 1. The average Bonchev–Trinajstić information content (AvgIpc) is 2.99. The second-order valence-corrected chi connectivity index (χ2v) is 6.87. The number of nitrogens with zero attached hydrogens (tertiary/aromatic N) is 1. The Balaban J connectivity index is 1.88. The first-order chi connectivity index (χ1) is 11.4. The highest BCUT2D eigenvalue weighted by atomic mass is 32.2. The maximum absolute atomic E-state index is 14.1. The molecule has 3 rings (SSSR count). The van der Waals surface area contributed by atoms with Crippen molar-refractivity contribution in [3.63, 3.8) is 0 Å². The van der Waals surface area contributed by atoms with Gasteiger partial charge in [0.05, 0.1) is 16.6 Å². The van der Waals surface area contributed by atoms with Gasteiger partial charge >= 0.3 is 6.18 Å². The summed E-state index contributed by atoms with van der Waals surface area (Å²) in [6.07, 6.45) is -1.72. The summed E-state index contributed by atoms with van der Waals surface area (Å²) in [6.45, 7) is 0.508. The summed E-state index contributed by atoms with van der Waals surface area (Å²) >= 11 is 1.59. The van der Waals surface area contributed by atoms with Crippen LogP contribution in [0.4, 0.5) is 23.2 Å². The fraction of sp³-hybridized carbons (Fsp3) is 0.333. The van der Waals surface area contributed by atoms with Gasteiger partial charge in [0, 0.05) is 12.5 Å². The molecule has 1 aliphatic heterocycles. The van der Waals surface area contributed by atoms with E-state index in [1.54, 1.807) is 36.0 Å². The van der Waals surface area contributed by atoms with Crippen LogP contribution in [0.25, 0.3) is 0 Å². The third-order valence-corrected chi connectivity index (χ3v) is 5.36. The summed E-state index contributed by atoms with van der Waals surface area (Å²) in [4.78, 5) is 1.95. The number of hydrogen-bond acceptors (Lipinski definition) is 2. The first kappa shape index (κ1) is 17.1. The van der Waals surface area contributed by atoms with Crippen LogP contribution in [0.5, 0.6) is 0 Å². The standard InChI is InChI=1S/C18H17F4NS/c1-24-17-10-13(11-23(17)16-8-3-2-7-15(16)19)12-5-4-6-14(9-12)18(20,21)22/h2-9,13,17H,10-11H2,1H3. The number of halogens is 4. The van der Waals surface area contributed by atoms with Crippen LogP contribution in [-0.2, 0) is 6.18 Å². The van der Waals surface area contributed by atoms with E-state index in [9.17, 15) is 17.6 Å². The molecule has 2 aromatic rings. The Morgan fingerprint density at radius 2 is 1.83 bits per heavy atom. The molecule has 128 valence electrons. The first-order valence-corrected chi connectivity index (χ1v) is 8.90. The SMILES string of the molecule is CSC1CC(c2cccc(C(F)(F)F)c2)CN1c1ccccc1F. The maximum atomic E-state index is 14.1. The van der Waals surface area contributed by atoms with Crippen LogP contribution >= 0.6 is 11.8 Å². The lowest BCUT2D eigenvalue weighted by atomic mass is 9.96. The molecular formula is C18H17F4NS. The van der Waals surface area contributed by atoms with Crippen LogP contribution in [0.1, 0.15) is 23.5 Å². The van der Waals surface area contributed by atoms with Crippen LogP contribution in [0.15, 0.2) is 48.5 Å². The van der Waals surface area contributed by atoms with Crippen molar-refractivity contribution in [2.45, 2.75) is 23.9 Å². The monoisotopic (exact) mass is 355 g/mol. The Morgan fingerprint density at radius 1 is 1.08 bits per heavy atom. The lowest BCUT2D eigenvalue weighted by molar-refractivity contribution is -0.137. The average molecular weight is 355 g/mol. The van der Waals surface area contributed by atoms with E-state index in [2.05, 4.69) is 0 Å². The fourth-order valence-electron chi connectivity index (χ4n) is 3.17. The summed E-state index contributed by atoms with van der Waals surface area (Å²) in [6, 6.07) is 12.0. The van der Waals surface area contributed by atoms with Gasteiger partial charge in [-0.15, -0.1) is 11.8 Å². The van der Waals surface area contributed by atoms with Crippen molar-refractivity contribution in [3.8, 4) is 0 Å². The van der Waals surface area contributed by atoms with Gasteiger partial charge in [0.1, 0.15) is 5.82 Å². The molecule has 0 bridgehead atoms. The van der Waals surface area contributed by atoms with Crippen LogP contribution in [0.3, 0.4) is 0 Å². The van der Waals surface area contributed by atoms with Crippen molar-refractivity contribution in [2.24, 2.45) is 0 Å². The molecule has 1 fully saturated rings. The predicted octanol–water partition coefficient (Wildman–Crippen LogP) is 5.53. The number of para-hydroxylation sites is 1. The minimum absolute atomic E-state index is 0.0430. The zero-order valence-electron chi connectivity index (χ0n) is 13.1. The van der Waals surface area contributed by atoms with Gasteiger partial charge < -0.3 is 4.90 Å². The van der Waals surface area contributed by atoms with Crippen LogP contribution in [-0.4, -0.2) is 18.2 Å². The van der Waals surface area contributed by atoms with Crippen LogP contribution < -0.4 is 4.90 Å². The summed E-state index contributed by atoms with van der Waals surface area (Å²) in [7, 11) is 0. The van der Waals surface area contributed by atoms with E-state index in [1.807, 2.05) is 11.2 Å². The Hall–Kier alpha value is -1.69. The van der Waals surface area contributed by atoms with Crippen molar-refractivity contribution in [2.75, 3.05) is 17.7 Å². The molecule has 1 heterocycles. The second-order valence-electron chi connectivity index (χ2n) is 5.85. The lowest BCUT2D eigenvalue weighted by Gasteiger charge is -2.25. The summed E-state index contributed by atoms with van der Waals surface area (Å²) in [5, 5.41) is 0.0430. The molecule has 1 nitrogen and oxygen atoms in total. The molecule has 24 heavy (non-hydrogen) atoms. The molecule has 2 aromatic carbocycles.